The van der Waals surface area contributed by atoms with E-state index in [2.05, 4.69) is 5.32 Å². The van der Waals surface area contributed by atoms with Crippen molar-refractivity contribution in [2.45, 2.75) is 6.18 Å². The molecule has 36 heavy (non-hydrogen) atoms. The summed E-state index contributed by atoms with van der Waals surface area (Å²) in [6, 6.07) is 15.3. The van der Waals surface area contributed by atoms with Gasteiger partial charge in [-0.05, 0) is 66.7 Å². The molecule has 1 aliphatic heterocycles. The average Bonchev–Trinajstić information content (AvgIpc) is 3.07. The van der Waals surface area contributed by atoms with Gasteiger partial charge in [-0.25, -0.2) is 9.69 Å². The van der Waals surface area contributed by atoms with Crippen molar-refractivity contribution in [2.24, 2.45) is 0 Å². The van der Waals surface area contributed by atoms with Crippen molar-refractivity contribution < 1.29 is 37.1 Å². The Morgan fingerprint density at radius 3 is 2.22 bits per heavy atom. The summed E-state index contributed by atoms with van der Waals surface area (Å²) in [7, 11) is 0. The molecule has 0 fully saturated rings. The van der Waals surface area contributed by atoms with Gasteiger partial charge in [0.2, 0.25) is 0 Å². The molecule has 0 radical (unpaired) electrons. The molecule has 0 bridgehead atoms. The third-order valence-corrected chi connectivity index (χ3v) is 5.43. The Kier molecular flexibility index (Phi) is 6.63. The lowest BCUT2D eigenvalue weighted by Gasteiger charge is -2.17. The first-order valence-corrected chi connectivity index (χ1v) is 10.6. The van der Waals surface area contributed by atoms with Gasteiger partial charge < -0.3 is 10.1 Å². The number of rotatable bonds is 6. The fourth-order valence-electron chi connectivity index (χ4n) is 3.28. The van der Waals surface area contributed by atoms with Gasteiger partial charge in [0.15, 0.2) is 0 Å². The third kappa shape index (κ3) is 4.98. The van der Waals surface area contributed by atoms with E-state index in [-0.39, 0.29) is 28.4 Å². The Balaban J connectivity index is 1.48. The van der Waals surface area contributed by atoms with Crippen LogP contribution >= 0.6 is 11.6 Å². The molecule has 0 atom stereocenters. The second-order valence-electron chi connectivity index (χ2n) is 7.46. The van der Waals surface area contributed by atoms with Gasteiger partial charge in [-0.1, -0.05) is 17.7 Å². The average molecular weight is 515 g/mol. The highest BCUT2D eigenvalue weighted by atomic mass is 35.5. The summed E-state index contributed by atoms with van der Waals surface area (Å²) >= 11 is 6.03. The van der Waals surface area contributed by atoms with Gasteiger partial charge >= 0.3 is 12.1 Å². The molecule has 0 saturated carbocycles. The number of nitrogens with zero attached hydrogens (tertiary/aromatic N) is 1. The molecule has 2 amide bonds. The Labute approximate surface area is 206 Å². The fraction of sp³-hybridized carbons (Fsp3) is 0.0400. The van der Waals surface area contributed by atoms with Gasteiger partial charge in [0.25, 0.3) is 11.8 Å². The van der Waals surface area contributed by atoms with E-state index in [9.17, 15) is 32.3 Å². The first-order valence-electron chi connectivity index (χ1n) is 10.2. The number of carbonyl (C=O) groups is 4. The largest absolute Gasteiger partial charge is 0.423 e. The lowest BCUT2D eigenvalue weighted by Crippen LogP contribution is -2.32. The van der Waals surface area contributed by atoms with Crippen molar-refractivity contribution >= 4 is 47.0 Å². The zero-order chi connectivity index (χ0) is 26.0. The highest BCUT2D eigenvalue weighted by Gasteiger charge is 2.40. The van der Waals surface area contributed by atoms with E-state index in [4.69, 9.17) is 16.3 Å². The van der Waals surface area contributed by atoms with Crippen molar-refractivity contribution in [3.63, 3.8) is 0 Å². The molecule has 0 spiro atoms. The maximum atomic E-state index is 13.0. The number of ether oxygens (including phenoxy) is 1. The number of benzene rings is 3. The second kappa shape index (κ2) is 9.67. The lowest BCUT2D eigenvalue weighted by atomic mass is 10.2. The summed E-state index contributed by atoms with van der Waals surface area (Å²) in [5, 5.41) is 2.17. The molecule has 0 unspecified atom stereocenters. The SMILES string of the molecule is O=Cc1ccc(OC(=O)c2ccc(NC3=C(Cl)C(=O)N(c4cccc(C(F)(F)F)c4)C3=O)cc2)cc1. The molecular weight excluding hydrogens is 501 g/mol. The molecule has 7 nitrogen and oxygen atoms in total. The zero-order valence-electron chi connectivity index (χ0n) is 18.0. The second-order valence-corrected chi connectivity index (χ2v) is 7.84. The number of imide groups is 1. The molecule has 0 saturated heterocycles. The predicted octanol–water partition coefficient (Wildman–Crippen LogP) is 5.17. The monoisotopic (exact) mass is 514 g/mol. The van der Waals surface area contributed by atoms with Crippen LogP contribution in [0, 0.1) is 0 Å². The van der Waals surface area contributed by atoms with Gasteiger partial charge in [0.05, 0.1) is 16.8 Å². The number of nitrogens with one attached hydrogen (secondary N) is 1. The molecule has 3 aromatic rings. The summed E-state index contributed by atoms with van der Waals surface area (Å²) in [5.41, 5.74) is -0.773. The van der Waals surface area contributed by atoms with E-state index in [1.807, 2.05) is 0 Å². The van der Waals surface area contributed by atoms with Gasteiger partial charge in [-0.3, -0.25) is 14.4 Å². The number of hydrogen-bond acceptors (Lipinski definition) is 6. The van der Waals surface area contributed by atoms with Gasteiger partial charge in [-0.15, -0.1) is 0 Å². The number of hydrogen-bond donors (Lipinski definition) is 1. The van der Waals surface area contributed by atoms with E-state index >= 15 is 0 Å². The zero-order valence-corrected chi connectivity index (χ0v) is 18.8. The number of alkyl halides is 3. The maximum absolute atomic E-state index is 13.0. The van der Waals surface area contributed by atoms with Crippen LogP contribution in [0.4, 0.5) is 24.5 Å². The summed E-state index contributed by atoms with van der Waals surface area (Å²) in [6.45, 7) is 0. The molecule has 11 heteroatoms. The Hall–Kier alpha value is -4.44. The highest BCUT2D eigenvalue weighted by molar-refractivity contribution is 6.53. The number of aldehydes is 1. The van der Waals surface area contributed by atoms with Crippen molar-refractivity contribution in [3.8, 4) is 5.75 Å². The minimum Gasteiger partial charge on any atom is -0.423 e. The smallest absolute Gasteiger partial charge is 0.416 e. The van der Waals surface area contributed by atoms with Crippen LogP contribution in [0.25, 0.3) is 0 Å². The standard InChI is InChI=1S/C25H14ClF3N2O5/c26-20-21(23(34)31(22(20)33)18-3-1-2-16(12-18)25(27,28)29)30-17-8-6-15(7-9-17)24(35)36-19-10-4-14(13-32)5-11-19/h1-13,30H. The molecule has 0 aromatic heterocycles. The highest BCUT2D eigenvalue weighted by Crippen LogP contribution is 2.35. The summed E-state index contributed by atoms with van der Waals surface area (Å²) < 4.78 is 44.4. The quantitative estimate of drug-likeness (QED) is 0.211. The lowest BCUT2D eigenvalue weighted by molar-refractivity contribution is -0.137. The maximum Gasteiger partial charge on any atom is 0.416 e. The van der Waals surface area contributed by atoms with E-state index in [1.165, 1.54) is 54.6 Å². The van der Waals surface area contributed by atoms with Crippen LogP contribution in [0.2, 0.25) is 0 Å². The molecule has 3 aromatic carbocycles. The fourth-order valence-corrected chi connectivity index (χ4v) is 3.49. The van der Waals surface area contributed by atoms with Crippen molar-refractivity contribution in [2.75, 3.05) is 10.2 Å². The van der Waals surface area contributed by atoms with Crippen LogP contribution in [0.15, 0.2) is 83.5 Å². The van der Waals surface area contributed by atoms with Gasteiger partial charge in [0.1, 0.15) is 22.8 Å². The van der Waals surface area contributed by atoms with Crippen LogP contribution in [0.1, 0.15) is 26.3 Å². The Morgan fingerprint density at radius 1 is 0.944 bits per heavy atom. The van der Waals surface area contributed by atoms with E-state index in [0.717, 1.165) is 12.1 Å². The summed E-state index contributed by atoms with van der Waals surface area (Å²) in [4.78, 5) is 49.0. The number of anilines is 2. The molecule has 1 aliphatic rings. The first kappa shape index (κ1) is 24.7. The van der Waals surface area contributed by atoms with E-state index in [0.29, 0.717) is 22.8 Å². The Bertz CT molecular complexity index is 1400. The van der Waals surface area contributed by atoms with Gasteiger partial charge in [-0.2, -0.15) is 13.2 Å². The predicted molar refractivity (Wildman–Crippen MR) is 124 cm³/mol. The number of amides is 2. The van der Waals surface area contributed by atoms with Crippen LogP contribution in [0.5, 0.6) is 5.75 Å². The van der Waals surface area contributed by atoms with Crippen molar-refractivity contribution in [1.29, 1.82) is 0 Å². The number of halogens is 4. The van der Waals surface area contributed by atoms with Crippen molar-refractivity contribution in [3.05, 3.63) is 100 Å². The minimum atomic E-state index is -4.66. The number of esters is 1. The Morgan fingerprint density at radius 2 is 1.61 bits per heavy atom. The van der Waals surface area contributed by atoms with Crippen LogP contribution < -0.4 is 15.0 Å². The first-order chi connectivity index (χ1) is 17.1. The van der Waals surface area contributed by atoms with Crippen LogP contribution in [0.3, 0.4) is 0 Å². The summed E-state index contributed by atoms with van der Waals surface area (Å²) in [5.74, 6) is -2.37. The molecule has 182 valence electrons. The molecule has 1 heterocycles. The molecule has 1 N–H and O–H groups in total. The normalized spacial score (nSPS) is 13.7. The van der Waals surface area contributed by atoms with E-state index < -0.39 is 34.6 Å². The molecule has 0 aliphatic carbocycles. The van der Waals surface area contributed by atoms with E-state index in [1.54, 1.807) is 0 Å². The van der Waals surface area contributed by atoms with Crippen LogP contribution in [-0.4, -0.2) is 24.1 Å². The molecule has 4 rings (SSSR count). The van der Waals surface area contributed by atoms with Gasteiger partial charge in [0, 0.05) is 11.3 Å². The molecular formula is C25H14ClF3N2O5. The minimum absolute atomic E-state index is 0.166. The summed E-state index contributed by atoms with van der Waals surface area (Å²) in [6.07, 6.45) is -4.01. The number of carbonyl (C=O) groups excluding carboxylic acids is 4. The third-order valence-electron chi connectivity index (χ3n) is 5.08. The van der Waals surface area contributed by atoms with Crippen molar-refractivity contribution in [1.82, 2.24) is 0 Å². The van der Waals surface area contributed by atoms with Crippen LogP contribution in [-0.2, 0) is 15.8 Å². The topological polar surface area (TPSA) is 92.8 Å².